The van der Waals surface area contributed by atoms with E-state index in [1.54, 1.807) is 6.20 Å². The number of fused-ring (bicyclic) bond motifs is 1. The van der Waals surface area contributed by atoms with Crippen molar-refractivity contribution in [1.82, 2.24) is 4.98 Å². The van der Waals surface area contributed by atoms with Gasteiger partial charge >= 0.3 is 0 Å². The standard InChI is InChI=1S/C22H18N4/c1-15-5-4-7-17(13-15)20-12-10-18(14-24-20)25-26-21-11-9-16-6-2-3-8-19(16)22(21)23/h2-14H,23H2,1H3. The minimum absolute atomic E-state index is 0.635. The number of pyridine rings is 1. The minimum Gasteiger partial charge on any atom is -0.396 e. The highest BCUT2D eigenvalue weighted by Crippen LogP contribution is 2.32. The number of azo groups is 1. The van der Waals surface area contributed by atoms with E-state index in [1.165, 1.54) is 5.56 Å². The molecule has 126 valence electrons. The Labute approximate surface area is 152 Å². The Morgan fingerprint density at radius 1 is 0.846 bits per heavy atom. The molecule has 0 atom stereocenters. The predicted octanol–water partition coefficient (Wildman–Crippen LogP) is 6.21. The van der Waals surface area contributed by atoms with E-state index >= 15 is 0 Å². The van der Waals surface area contributed by atoms with Crippen molar-refractivity contribution in [3.63, 3.8) is 0 Å². The molecule has 0 saturated heterocycles. The molecule has 4 heteroatoms. The summed E-state index contributed by atoms with van der Waals surface area (Å²) >= 11 is 0. The average molecular weight is 338 g/mol. The number of aromatic nitrogens is 1. The van der Waals surface area contributed by atoms with Gasteiger partial charge in [-0.1, -0.05) is 54.1 Å². The molecule has 2 N–H and O–H groups in total. The van der Waals surface area contributed by atoms with Gasteiger partial charge in [0.25, 0.3) is 0 Å². The average Bonchev–Trinajstić information content (AvgIpc) is 2.68. The number of hydrogen-bond donors (Lipinski definition) is 1. The van der Waals surface area contributed by atoms with Gasteiger partial charge in [0, 0.05) is 10.9 Å². The van der Waals surface area contributed by atoms with Crippen LogP contribution in [0.3, 0.4) is 0 Å². The fourth-order valence-corrected chi connectivity index (χ4v) is 2.90. The van der Waals surface area contributed by atoms with Crippen LogP contribution in [0.1, 0.15) is 5.56 Å². The zero-order valence-electron chi connectivity index (χ0n) is 14.4. The van der Waals surface area contributed by atoms with E-state index < -0.39 is 0 Å². The normalized spacial score (nSPS) is 11.3. The van der Waals surface area contributed by atoms with Crippen molar-refractivity contribution in [2.75, 3.05) is 5.73 Å². The fourth-order valence-electron chi connectivity index (χ4n) is 2.90. The molecule has 3 aromatic carbocycles. The first-order valence-corrected chi connectivity index (χ1v) is 8.43. The third kappa shape index (κ3) is 3.17. The van der Waals surface area contributed by atoms with E-state index in [2.05, 4.69) is 34.3 Å². The van der Waals surface area contributed by atoms with Crippen LogP contribution in [0.5, 0.6) is 0 Å². The lowest BCUT2D eigenvalue weighted by Gasteiger charge is -2.04. The van der Waals surface area contributed by atoms with Gasteiger partial charge in [0.1, 0.15) is 11.4 Å². The lowest BCUT2D eigenvalue weighted by atomic mass is 10.1. The zero-order chi connectivity index (χ0) is 17.9. The van der Waals surface area contributed by atoms with Crippen LogP contribution in [0.2, 0.25) is 0 Å². The first-order valence-electron chi connectivity index (χ1n) is 8.43. The highest BCUT2D eigenvalue weighted by molar-refractivity contribution is 5.97. The molecule has 0 spiro atoms. The highest BCUT2D eigenvalue weighted by atomic mass is 15.1. The SMILES string of the molecule is Cc1cccc(-c2ccc(N=Nc3ccc4ccccc4c3N)cn2)c1. The maximum Gasteiger partial charge on any atom is 0.109 e. The van der Waals surface area contributed by atoms with Crippen LogP contribution in [0, 0.1) is 6.92 Å². The van der Waals surface area contributed by atoms with Gasteiger partial charge in [0.05, 0.1) is 17.6 Å². The molecule has 0 aliphatic rings. The minimum atomic E-state index is 0.635. The molecule has 4 nitrogen and oxygen atoms in total. The smallest absolute Gasteiger partial charge is 0.109 e. The van der Waals surface area contributed by atoms with Crippen LogP contribution in [0.25, 0.3) is 22.0 Å². The van der Waals surface area contributed by atoms with Crippen molar-refractivity contribution in [3.8, 4) is 11.3 Å². The number of anilines is 1. The summed E-state index contributed by atoms with van der Waals surface area (Å²) in [5, 5.41) is 10.7. The molecular formula is C22H18N4. The Hall–Kier alpha value is -3.53. The maximum absolute atomic E-state index is 6.23. The molecule has 1 aromatic heterocycles. The summed E-state index contributed by atoms with van der Waals surface area (Å²) in [4.78, 5) is 4.49. The van der Waals surface area contributed by atoms with Crippen LogP contribution in [0.15, 0.2) is 89.2 Å². The van der Waals surface area contributed by atoms with Crippen molar-refractivity contribution >= 4 is 27.8 Å². The van der Waals surface area contributed by atoms with E-state index in [1.807, 2.05) is 60.7 Å². The van der Waals surface area contributed by atoms with E-state index in [0.29, 0.717) is 17.1 Å². The van der Waals surface area contributed by atoms with Crippen molar-refractivity contribution < 1.29 is 0 Å². The van der Waals surface area contributed by atoms with Gasteiger partial charge in [0.2, 0.25) is 0 Å². The van der Waals surface area contributed by atoms with Gasteiger partial charge in [-0.15, -0.1) is 10.2 Å². The van der Waals surface area contributed by atoms with Crippen LogP contribution in [-0.4, -0.2) is 4.98 Å². The quantitative estimate of drug-likeness (QED) is 0.356. The molecule has 0 fully saturated rings. The molecule has 1 heterocycles. The second-order valence-corrected chi connectivity index (χ2v) is 6.19. The lowest BCUT2D eigenvalue weighted by molar-refractivity contribution is 1.20. The molecule has 4 rings (SSSR count). The van der Waals surface area contributed by atoms with Crippen molar-refractivity contribution in [2.24, 2.45) is 10.2 Å². The Morgan fingerprint density at radius 2 is 1.73 bits per heavy atom. The van der Waals surface area contributed by atoms with Gasteiger partial charge in [-0.3, -0.25) is 4.98 Å². The van der Waals surface area contributed by atoms with Gasteiger partial charge in [0.15, 0.2) is 0 Å². The van der Waals surface area contributed by atoms with Crippen molar-refractivity contribution in [2.45, 2.75) is 6.92 Å². The van der Waals surface area contributed by atoms with E-state index in [9.17, 15) is 0 Å². The zero-order valence-corrected chi connectivity index (χ0v) is 14.4. The molecule has 0 aliphatic heterocycles. The first kappa shape index (κ1) is 16.0. The maximum atomic E-state index is 6.23. The number of nitrogens with two attached hydrogens (primary N) is 1. The summed E-state index contributed by atoms with van der Waals surface area (Å²) < 4.78 is 0. The van der Waals surface area contributed by atoms with E-state index in [4.69, 9.17) is 5.73 Å². The Kier molecular flexibility index (Phi) is 4.15. The Bertz CT molecular complexity index is 1100. The summed E-state index contributed by atoms with van der Waals surface area (Å²) in [6.07, 6.45) is 1.72. The van der Waals surface area contributed by atoms with Crippen LogP contribution in [-0.2, 0) is 0 Å². The van der Waals surface area contributed by atoms with Gasteiger partial charge in [-0.2, -0.15) is 0 Å². The summed E-state index contributed by atoms with van der Waals surface area (Å²) in [6.45, 7) is 2.07. The van der Waals surface area contributed by atoms with Gasteiger partial charge in [-0.25, -0.2) is 0 Å². The van der Waals surface area contributed by atoms with E-state index in [0.717, 1.165) is 22.0 Å². The molecule has 26 heavy (non-hydrogen) atoms. The highest BCUT2D eigenvalue weighted by Gasteiger charge is 2.04. The largest absolute Gasteiger partial charge is 0.396 e. The molecule has 0 aliphatic carbocycles. The predicted molar refractivity (Wildman–Crippen MR) is 107 cm³/mol. The first-order chi connectivity index (χ1) is 12.7. The summed E-state index contributed by atoms with van der Waals surface area (Å²) in [7, 11) is 0. The molecule has 4 aromatic rings. The second-order valence-electron chi connectivity index (χ2n) is 6.19. The van der Waals surface area contributed by atoms with Crippen LogP contribution >= 0.6 is 0 Å². The number of aryl methyl sites for hydroxylation is 1. The molecule has 0 radical (unpaired) electrons. The number of rotatable bonds is 3. The van der Waals surface area contributed by atoms with Crippen molar-refractivity contribution in [1.29, 1.82) is 0 Å². The second kappa shape index (κ2) is 6.76. The van der Waals surface area contributed by atoms with Crippen LogP contribution < -0.4 is 5.73 Å². The third-order valence-corrected chi connectivity index (χ3v) is 4.28. The number of benzene rings is 3. The summed E-state index contributed by atoms with van der Waals surface area (Å²) in [6, 6.07) is 24.0. The Morgan fingerprint density at radius 3 is 2.54 bits per heavy atom. The Balaban J connectivity index is 1.60. The number of hydrogen-bond acceptors (Lipinski definition) is 4. The molecular weight excluding hydrogens is 320 g/mol. The topological polar surface area (TPSA) is 63.6 Å². The third-order valence-electron chi connectivity index (χ3n) is 4.28. The monoisotopic (exact) mass is 338 g/mol. The molecule has 0 unspecified atom stereocenters. The summed E-state index contributed by atoms with van der Waals surface area (Å²) in [5.41, 5.74) is 11.4. The van der Waals surface area contributed by atoms with Crippen LogP contribution in [0.4, 0.5) is 17.1 Å². The van der Waals surface area contributed by atoms with Gasteiger partial charge in [-0.05, 0) is 36.6 Å². The number of nitrogens with zero attached hydrogens (tertiary/aromatic N) is 3. The van der Waals surface area contributed by atoms with Gasteiger partial charge < -0.3 is 5.73 Å². The van der Waals surface area contributed by atoms with E-state index in [-0.39, 0.29) is 0 Å². The molecule has 0 saturated carbocycles. The van der Waals surface area contributed by atoms with Crippen molar-refractivity contribution in [3.05, 3.63) is 84.6 Å². The molecule has 0 amide bonds. The molecule has 0 bridgehead atoms. The number of nitrogen functional groups attached to an aromatic ring is 1. The fraction of sp³-hybridized carbons (Fsp3) is 0.0455. The lowest BCUT2D eigenvalue weighted by Crippen LogP contribution is -1.87. The summed E-state index contributed by atoms with van der Waals surface area (Å²) in [5.74, 6) is 0.